The second-order valence-corrected chi connectivity index (χ2v) is 7.28. The summed E-state index contributed by atoms with van der Waals surface area (Å²) in [5.74, 6) is 0.951. The molecule has 0 saturated carbocycles. The van der Waals surface area contributed by atoms with E-state index < -0.39 is 12.8 Å². The summed E-state index contributed by atoms with van der Waals surface area (Å²) in [6.45, 7) is -0.675. The highest BCUT2D eigenvalue weighted by molar-refractivity contribution is 7.98. The van der Waals surface area contributed by atoms with E-state index in [4.69, 9.17) is 0 Å². The molecule has 4 nitrogen and oxygen atoms in total. The summed E-state index contributed by atoms with van der Waals surface area (Å²) in [4.78, 5) is 11.8. The molecule has 0 aliphatic carbocycles. The smallest absolute Gasteiger partial charge is 0.367 e. The van der Waals surface area contributed by atoms with Gasteiger partial charge in [-0.15, -0.1) is 0 Å². The molecule has 29 heavy (non-hydrogen) atoms. The third kappa shape index (κ3) is 9.67. The number of urea groups is 1. The Morgan fingerprint density at radius 2 is 1.69 bits per heavy atom. The maximum absolute atomic E-state index is 13.5. The largest absolute Gasteiger partial charge is 0.411 e. The molecular weight excluding hydrogens is 408 g/mol. The predicted octanol–water partition coefficient (Wildman–Crippen LogP) is 4.64. The van der Waals surface area contributed by atoms with Crippen LogP contribution in [0.15, 0.2) is 48.5 Å². The van der Waals surface area contributed by atoms with Gasteiger partial charge < -0.3 is 15.4 Å². The van der Waals surface area contributed by atoms with Crippen LogP contribution in [-0.2, 0) is 23.6 Å². The molecule has 2 aromatic rings. The summed E-state index contributed by atoms with van der Waals surface area (Å²) in [5.41, 5.74) is 2.07. The van der Waals surface area contributed by atoms with Crippen LogP contribution in [0.1, 0.15) is 16.7 Å². The van der Waals surface area contributed by atoms with Gasteiger partial charge in [0.25, 0.3) is 0 Å². The number of nitrogens with one attached hydrogen (secondary N) is 2. The normalized spacial score (nSPS) is 11.3. The number of amides is 2. The second-order valence-electron chi connectivity index (χ2n) is 6.18. The van der Waals surface area contributed by atoms with E-state index in [0.29, 0.717) is 29.2 Å². The third-order valence-electron chi connectivity index (χ3n) is 3.76. The first-order chi connectivity index (χ1) is 13.8. The summed E-state index contributed by atoms with van der Waals surface area (Å²) in [6, 6.07) is 13.0. The number of carbonyl (C=O) groups excluding carboxylic acids is 1. The quantitative estimate of drug-likeness (QED) is 0.427. The second kappa shape index (κ2) is 11.7. The van der Waals surface area contributed by atoms with E-state index >= 15 is 0 Å². The van der Waals surface area contributed by atoms with Crippen molar-refractivity contribution in [3.63, 3.8) is 0 Å². The van der Waals surface area contributed by atoms with Gasteiger partial charge >= 0.3 is 12.2 Å². The number of thioether (sulfide) groups is 1. The number of benzene rings is 2. The highest BCUT2D eigenvalue weighted by atomic mass is 32.2. The minimum atomic E-state index is -4.34. The molecule has 9 heteroatoms. The van der Waals surface area contributed by atoms with Gasteiger partial charge in [0.1, 0.15) is 12.4 Å². The standard InChI is InChI=1S/C20H22F4N2O2S/c21-18-4-2-1-3-17(18)13-29-10-9-25-19(27)26-11-15-5-7-16(8-6-15)12-28-14-20(22,23)24/h1-8H,9-14H2,(H2,25,26,27). The van der Waals surface area contributed by atoms with Crippen molar-refractivity contribution in [1.29, 1.82) is 0 Å². The van der Waals surface area contributed by atoms with Crippen LogP contribution < -0.4 is 10.6 Å². The van der Waals surface area contributed by atoms with Gasteiger partial charge in [0, 0.05) is 24.6 Å². The molecule has 2 N–H and O–H groups in total. The number of ether oxygens (including phenoxy) is 1. The first-order valence-electron chi connectivity index (χ1n) is 8.88. The van der Waals surface area contributed by atoms with Crippen molar-refractivity contribution in [3.05, 3.63) is 71.0 Å². The van der Waals surface area contributed by atoms with E-state index in [-0.39, 0.29) is 25.0 Å². The van der Waals surface area contributed by atoms with Crippen LogP contribution in [0.25, 0.3) is 0 Å². The molecule has 2 rings (SSSR count). The first kappa shape index (κ1) is 23.0. The molecule has 0 spiro atoms. The van der Waals surface area contributed by atoms with Gasteiger partial charge in [0.05, 0.1) is 6.61 Å². The predicted molar refractivity (Wildman–Crippen MR) is 105 cm³/mol. The Balaban J connectivity index is 1.58. The Kier molecular flexibility index (Phi) is 9.27. The van der Waals surface area contributed by atoms with Crippen molar-refractivity contribution in [2.75, 3.05) is 18.9 Å². The lowest BCUT2D eigenvalue weighted by atomic mass is 10.1. The molecule has 0 radical (unpaired) electrons. The molecule has 0 saturated heterocycles. The average molecular weight is 430 g/mol. The van der Waals surface area contributed by atoms with Crippen LogP contribution >= 0.6 is 11.8 Å². The van der Waals surface area contributed by atoms with E-state index in [9.17, 15) is 22.4 Å². The number of hydrogen-bond acceptors (Lipinski definition) is 3. The van der Waals surface area contributed by atoms with Crippen LogP contribution in [0.4, 0.5) is 22.4 Å². The fourth-order valence-corrected chi connectivity index (χ4v) is 3.16. The molecule has 0 aromatic heterocycles. The van der Waals surface area contributed by atoms with Gasteiger partial charge in [-0.2, -0.15) is 24.9 Å². The fraction of sp³-hybridized carbons (Fsp3) is 0.350. The van der Waals surface area contributed by atoms with Crippen molar-refractivity contribution in [2.24, 2.45) is 0 Å². The van der Waals surface area contributed by atoms with Gasteiger partial charge in [-0.05, 0) is 22.8 Å². The zero-order valence-electron chi connectivity index (χ0n) is 15.6. The number of carbonyl (C=O) groups is 1. The summed E-state index contributed by atoms with van der Waals surface area (Å²) < 4.78 is 54.2. The molecule has 0 atom stereocenters. The first-order valence-corrected chi connectivity index (χ1v) is 10.0. The van der Waals surface area contributed by atoms with E-state index in [2.05, 4.69) is 15.4 Å². The average Bonchev–Trinajstić information content (AvgIpc) is 2.67. The number of alkyl halides is 3. The van der Waals surface area contributed by atoms with Crippen LogP contribution in [0.5, 0.6) is 0 Å². The summed E-state index contributed by atoms with van der Waals surface area (Å²) in [6.07, 6.45) is -4.34. The molecule has 0 aliphatic heterocycles. The van der Waals surface area contributed by atoms with Crippen LogP contribution in [-0.4, -0.2) is 31.1 Å². The molecule has 0 heterocycles. The van der Waals surface area contributed by atoms with Crippen LogP contribution in [0.3, 0.4) is 0 Å². The minimum Gasteiger partial charge on any atom is -0.367 e. The van der Waals surface area contributed by atoms with Crippen LogP contribution in [0, 0.1) is 5.82 Å². The Morgan fingerprint density at radius 1 is 1.00 bits per heavy atom. The van der Waals surface area contributed by atoms with Gasteiger partial charge in [-0.1, -0.05) is 42.5 Å². The highest BCUT2D eigenvalue weighted by Crippen LogP contribution is 2.16. The van der Waals surface area contributed by atoms with E-state index in [1.807, 2.05) is 0 Å². The van der Waals surface area contributed by atoms with Gasteiger partial charge in [-0.3, -0.25) is 0 Å². The third-order valence-corrected chi connectivity index (χ3v) is 4.77. The van der Waals surface area contributed by atoms with Crippen LogP contribution in [0.2, 0.25) is 0 Å². The molecule has 0 aliphatic rings. The summed E-state index contributed by atoms with van der Waals surface area (Å²) in [5, 5.41) is 5.42. The number of hydrogen-bond donors (Lipinski definition) is 2. The number of rotatable bonds is 10. The van der Waals surface area contributed by atoms with Crippen molar-refractivity contribution in [1.82, 2.24) is 10.6 Å². The molecule has 2 amide bonds. The van der Waals surface area contributed by atoms with E-state index in [1.165, 1.54) is 17.8 Å². The monoisotopic (exact) mass is 430 g/mol. The lowest BCUT2D eigenvalue weighted by Gasteiger charge is -2.09. The van der Waals surface area contributed by atoms with Gasteiger partial charge in [0.2, 0.25) is 0 Å². The zero-order chi connectivity index (χ0) is 21.1. The highest BCUT2D eigenvalue weighted by Gasteiger charge is 2.27. The summed E-state index contributed by atoms with van der Waals surface area (Å²) >= 11 is 1.52. The SMILES string of the molecule is O=C(NCCSCc1ccccc1F)NCc1ccc(COCC(F)(F)F)cc1. The Hall–Kier alpha value is -2.26. The zero-order valence-corrected chi connectivity index (χ0v) is 16.4. The lowest BCUT2D eigenvalue weighted by molar-refractivity contribution is -0.176. The maximum Gasteiger partial charge on any atom is 0.411 e. The Morgan fingerprint density at radius 3 is 2.38 bits per heavy atom. The maximum atomic E-state index is 13.5. The molecule has 0 bridgehead atoms. The molecule has 2 aromatic carbocycles. The van der Waals surface area contributed by atoms with E-state index in [1.54, 1.807) is 42.5 Å². The minimum absolute atomic E-state index is 0.127. The Bertz CT molecular complexity index is 770. The van der Waals surface area contributed by atoms with Gasteiger partial charge in [0.15, 0.2) is 0 Å². The molecular formula is C20H22F4N2O2S. The van der Waals surface area contributed by atoms with Crippen molar-refractivity contribution in [2.45, 2.75) is 25.1 Å². The Labute approximate surface area is 171 Å². The fourth-order valence-electron chi connectivity index (χ4n) is 2.32. The molecule has 158 valence electrons. The van der Waals surface area contributed by atoms with Crippen molar-refractivity contribution < 1.29 is 27.1 Å². The summed E-state index contributed by atoms with van der Waals surface area (Å²) in [7, 11) is 0. The van der Waals surface area contributed by atoms with Gasteiger partial charge in [-0.25, -0.2) is 9.18 Å². The molecule has 0 fully saturated rings. The topological polar surface area (TPSA) is 50.4 Å². The molecule has 0 unspecified atom stereocenters. The van der Waals surface area contributed by atoms with E-state index in [0.717, 1.165) is 5.56 Å². The van der Waals surface area contributed by atoms with Crippen molar-refractivity contribution >= 4 is 17.8 Å². The number of halogens is 4. The van der Waals surface area contributed by atoms with Crippen molar-refractivity contribution in [3.8, 4) is 0 Å². The lowest BCUT2D eigenvalue weighted by Crippen LogP contribution is -2.36.